The summed E-state index contributed by atoms with van der Waals surface area (Å²) in [5, 5.41) is 0. The molecular formula is C18H34N2O. The molecule has 0 aromatic heterocycles. The average molecular weight is 294 g/mol. The molecule has 3 heteroatoms. The van der Waals surface area contributed by atoms with Crippen LogP contribution in [-0.2, 0) is 4.79 Å². The second-order valence-electron chi connectivity index (χ2n) is 7.11. The molecule has 0 aromatic carbocycles. The summed E-state index contributed by atoms with van der Waals surface area (Å²) in [5.74, 6) is 1.87. The van der Waals surface area contributed by atoms with Crippen LogP contribution < -0.4 is 5.73 Å². The van der Waals surface area contributed by atoms with Gasteiger partial charge in [0.2, 0.25) is 5.91 Å². The molecule has 1 saturated heterocycles. The van der Waals surface area contributed by atoms with Crippen LogP contribution in [-0.4, -0.2) is 29.9 Å². The summed E-state index contributed by atoms with van der Waals surface area (Å²) in [4.78, 5) is 14.9. The molecule has 0 radical (unpaired) electrons. The summed E-state index contributed by atoms with van der Waals surface area (Å²) in [6.45, 7) is 3.99. The van der Waals surface area contributed by atoms with Gasteiger partial charge < -0.3 is 10.6 Å². The first-order chi connectivity index (χ1) is 10.3. The topological polar surface area (TPSA) is 46.3 Å². The van der Waals surface area contributed by atoms with Crippen molar-refractivity contribution in [2.75, 3.05) is 13.1 Å². The highest BCUT2D eigenvalue weighted by Gasteiger charge is 2.35. The zero-order valence-corrected chi connectivity index (χ0v) is 13.9. The van der Waals surface area contributed by atoms with E-state index in [2.05, 4.69) is 11.8 Å². The van der Waals surface area contributed by atoms with Crippen LogP contribution in [0.5, 0.6) is 0 Å². The molecule has 3 nitrogen and oxygen atoms in total. The molecule has 2 rings (SSSR count). The Morgan fingerprint density at radius 1 is 1.14 bits per heavy atom. The van der Waals surface area contributed by atoms with Crippen molar-refractivity contribution in [2.24, 2.45) is 17.6 Å². The second-order valence-corrected chi connectivity index (χ2v) is 7.11. The smallest absolute Gasteiger partial charge is 0.222 e. The highest BCUT2D eigenvalue weighted by atomic mass is 16.2. The first-order valence-electron chi connectivity index (χ1n) is 9.25. The summed E-state index contributed by atoms with van der Waals surface area (Å²) in [6, 6.07) is 0.569. The summed E-state index contributed by atoms with van der Waals surface area (Å²) in [7, 11) is 0. The third-order valence-corrected chi connectivity index (χ3v) is 5.60. The van der Waals surface area contributed by atoms with E-state index in [1.54, 1.807) is 0 Å². The summed E-state index contributed by atoms with van der Waals surface area (Å²) < 4.78 is 0. The minimum atomic E-state index is 0.419. The fourth-order valence-corrected chi connectivity index (χ4v) is 4.48. The van der Waals surface area contributed by atoms with Crippen molar-refractivity contribution in [3.8, 4) is 0 Å². The van der Waals surface area contributed by atoms with Gasteiger partial charge >= 0.3 is 0 Å². The number of nitrogens with zero attached hydrogens (tertiary/aromatic N) is 1. The number of hydrogen-bond donors (Lipinski definition) is 1. The Morgan fingerprint density at radius 2 is 1.90 bits per heavy atom. The van der Waals surface area contributed by atoms with Crippen molar-refractivity contribution in [3.63, 3.8) is 0 Å². The quantitative estimate of drug-likeness (QED) is 0.741. The zero-order valence-electron chi connectivity index (χ0n) is 13.9. The SMILES string of the molecule is CCCC(CCN)CCC(=O)N1CCCC1C1CCCC1. The van der Waals surface area contributed by atoms with Crippen LogP contribution in [0, 0.1) is 11.8 Å². The van der Waals surface area contributed by atoms with E-state index in [4.69, 9.17) is 5.73 Å². The minimum absolute atomic E-state index is 0.419. The molecule has 1 heterocycles. The van der Waals surface area contributed by atoms with Crippen LogP contribution in [0.1, 0.15) is 77.6 Å². The Labute approximate surface area is 130 Å². The Bertz CT molecular complexity index is 306. The van der Waals surface area contributed by atoms with Crippen LogP contribution in [0.4, 0.5) is 0 Å². The zero-order chi connectivity index (χ0) is 15.1. The Hall–Kier alpha value is -0.570. The molecule has 21 heavy (non-hydrogen) atoms. The Kier molecular flexibility index (Phi) is 7.01. The monoisotopic (exact) mass is 294 g/mol. The van der Waals surface area contributed by atoms with Crippen molar-refractivity contribution in [1.29, 1.82) is 0 Å². The van der Waals surface area contributed by atoms with Crippen molar-refractivity contribution in [3.05, 3.63) is 0 Å². The van der Waals surface area contributed by atoms with Gasteiger partial charge in [-0.15, -0.1) is 0 Å². The number of likely N-dealkylation sites (tertiary alicyclic amines) is 1. The highest BCUT2D eigenvalue weighted by Crippen LogP contribution is 2.35. The number of carbonyl (C=O) groups excluding carboxylic acids is 1. The molecule has 1 aliphatic heterocycles. The maximum Gasteiger partial charge on any atom is 0.222 e. The molecule has 2 atom stereocenters. The van der Waals surface area contributed by atoms with Crippen LogP contribution in [0.2, 0.25) is 0 Å². The summed E-state index contributed by atoms with van der Waals surface area (Å²) in [5.41, 5.74) is 5.70. The van der Waals surface area contributed by atoms with Crippen LogP contribution in [0.25, 0.3) is 0 Å². The lowest BCUT2D eigenvalue weighted by atomic mass is 9.93. The van der Waals surface area contributed by atoms with Gasteiger partial charge in [-0.3, -0.25) is 4.79 Å². The number of nitrogens with two attached hydrogens (primary N) is 1. The molecule has 0 spiro atoms. The maximum absolute atomic E-state index is 12.6. The van der Waals surface area contributed by atoms with Gasteiger partial charge in [0, 0.05) is 19.0 Å². The van der Waals surface area contributed by atoms with Gasteiger partial charge in [0.25, 0.3) is 0 Å². The molecule has 1 amide bonds. The predicted octanol–water partition coefficient (Wildman–Crippen LogP) is 3.71. The van der Waals surface area contributed by atoms with Crippen LogP contribution in [0.15, 0.2) is 0 Å². The molecular weight excluding hydrogens is 260 g/mol. The van der Waals surface area contributed by atoms with E-state index in [0.717, 1.165) is 38.3 Å². The largest absolute Gasteiger partial charge is 0.339 e. The first-order valence-corrected chi connectivity index (χ1v) is 9.25. The number of rotatable bonds is 8. The summed E-state index contributed by atoms with van der Waals surface area (Å²) in [6.07, 6.45) is 13.2. The fourth-order valence-electron chi connectivity index (χ4n) is 4.48. The van der Waals surface area contributed by atoms with E-state index in [1.165, 1.54) is 51.4 Å². The third-order valence-electron chi connectivity index (χ3n) is 5.60. The molecule has 0 bridgehead atoms. The molecule has 1 aliphatic carbocycles. The van der Waals surface area contributed by atoms with Gasteiger partial charge in [-0.2, -0.15) is 0 Å². The molecule has 2 aliphatic rings. The predicted molar refractivity (Wildman–Crippen MR) is 88.0 cm³/mol. The molecule has 2 unspecified atom stereocenters. The number of amides is 1. The first kappa shape index (κ1) is 16.8. The van der Waals surface area contributed by atoms with Gasteiger partial charge in [-0.25, -0.2) is 0 Å². The molecule has 122 valence electrons. The van der Waals surface area contributed by atoms with Gasteiger partial charge in [0.15, 0.2) is 0 Å². The van der Waals surface area contributed by atoms with E-state index in [0.29, 0.717) is 17.9 Å². The molecule has 2 fully saturated rings. The maximum atomic E-state index is 12.6. The molecule has 2 N–H and O–H groups in total. The third kappa shape index (κ3) is 4.70. The van der Waals surface area contributed by atoms with E-state index >= 15 is 0 Å². The number of carbonyl (C=O) groups is 1. The van der Waals surface area contributed by atoms with Crippen molar-refractivity contribution < 1.29 is 4.79 Å². The summed E-state index contributed by atoms with van der Waals surface area (Å²) >= 11 is 0. The van der Waals surface area contributed by atoms with Crippen molar-refractivity contribution >= 4 is 5.91 Å². The van der Waals surface area contributed by atoms with Gasteiger partial charge in [-0.05, 0) is 56.9 Å². The molecule has 0 aromatic rings. The lowest BCUT2D eigenvalue weighted by Crippen LogP contribution is -2.39. The second kappa shape index (κ2) is 8.77. The van der Waals surface area contributed by atoms with E-state index in [1.807, 2.05) is 0 Å². The molecule has 1 saturated carbocycles. The van der Waals surface area contributed by atoms with Crippen molar-refractivity contribution in [1.82, 2.24) is 4.90 Å². The van der Waals surface area contributed by atoms with Crippen LogP contribution >= 0.6 is 0 Å². The highest BCUT2D eigenvalue weighted by molar-refractivity contribution is 5.76. The lowest BCUT2D eigenvalue weighted by molar-refractivity contribution is -0.133. The Morgan fingerprint density at radius 3 is 2.57 bits per heavy atom. The standard InChI is InChI=1S/C18H34N2O/c1-2-6-15(12-13-19)10-11-18(21)20-14-5-9-17(20)16-7-3-4-8-16/h15-17H,2-14,19H2,1H3. The van der Waals surface area contributed by atoms with E-state index in [-0.39, 0.29) is 0 Å². The van der Waals surface area contributed by atoms with Gasteiger partial charge in [-0.1, -0.05) is 32.6 Å². The van der Waals surface area contributed by atoms with Crippen molar-refractivity contribution in [2.45, 2.75) is 83.6 Å². The van der Waals surface area contributed by atoms with E-state index < -0.39 is 0 Å². The number of hydrogen-bond acceptors (Lipinski definition) is 2. The minimum Gasteiger partial charge on any atom is -0.339 e. The van der Waals surface area contributed by atoms with E-state index in [9.17, 15) is 4.79 Å². The van der Waals surface area contributed by atoms with Gasteiger partial charge in [0.05, 0.1) is 0 Å². The van der Waals surface area contributed by atoms with Gasteiger partial charge in [0.1, 0.15) is 0 Å². The fraction of sp³-hybridized carbons (Fsp3) is 0.944. The normalized spacial score (nSPS) is 24.7. The van der Waals surface area contributed by atoms with Crippen LogP contribution in [0.3, 0.4) is 0 Å². The Balaban J connectivity index is 1.80. The lowest BCUT2D eigenvalue weighted by Gasteiger charge is -2.30. The average Bonchev–Trinajstić information content (AvgIpc) is 3.14.